The van der Waals surface area contributed by atoms with Crippen LogP contribution in [-0.4, -0.2) is 28.9 Å². The summed E-state index contributed by atoms with van der Waals surface area (Å²) >= 11 is 6.02. The first-order valence-electron chi connectivity index (χ1n) is 8.94. The summed E-state index contributed by atoms with van der Waals surface area (Å²) in [7, 11) is 0. The van der Waals surface area contributed by atoms with Gasteiger partial charge in [0.05, 0.1) is 0 Å². The number of piperidine rings is 1. The highest BCUT2D eigenvalue weighted by atomic mass is 35.5. The third-order valence-corrected chi connectivity index (χ3v) is 5.34. The zero-order chi connectivity index (χ0) is 18.3. The molecule has 2 heterocycles. The second-order valence-electron chi connectivity index (χ2n) is 7.05. The Bertz CT molecular complexity index is 971. The van der Waals surface area contributed by atoms with Crippen molar-refractivity contribution in [1.82, 2.24) is 9.88 Å². The predicted molar refractivity (Wildman–Crippen MR) is 103 cm³/mol. The summed E-state index contributed by atoms with van der Waals surface area (Å²) in [6.45, 7) is 5.48. The molecular formula is C21H21ClN2O2. The Labute approximate surface area is 157 Å². The molecule has 0 N–H and O–H groups in total. The molecule has 4 rings (SSSR count). The summed E-state index contributed by atoms with van der Waals surface area (Å²) in [5, 5.41) is 0.659. The number of halogens is 1. The van der Waals surface area contributed by atoms with Gasteiger partial charge in [0.1, 0.15) is 5.52 Å². The highest BCUT2D eigenvalue weighted by molar-refractivity contribution is 6.31. The van der Waals surface area contributed by atoms with E-state index in [4.69, 9.17) is 16.0 Å². The van der Waals surface area contributed by atoms with Gasteiger partial charge in [0.2, 0.25) is 0 Å². The fraction of sp³-hybridized carbons (Fsp3) is 0.333. The number of benzene rings is 2. The maximum atomic E-state index is 12.8. The van der Waals surface area contributed by atoms with Gasteiger partial charge in [-0.05, 0) is 56.5 Å². The van der Waals surface area contributed by atoms with Gasteiger partial charge in [0.25, 0.3) is 5.91 Å². The van der Waals surface area contributed by atoms with Gasteiger partial charge >= 0.3 is 0 Å². The molecule has 5 heteroatoms. The van der Waals surface area contributed by atoms with Gasteiger partial charge in [-0.15, -0.1) is 0 Å². The molecule has 0 atom stereocenters. The van der Waals surface area contributed by atoms with Crippen molar-refractivity contribution < 1.29 is 9.21 Å². The van der Waals surface area contributed by atoms with Crippen LogP contribution in [0.2, 0.25) is 5.02 Å². The maximum absolute atomic E-state index is 12.8. The topological polar surface area (TPSA) is 46.3 Å². The minimum atomic E-state index is 0.116. The van der Waals surface area contributed by atoms with Crippen molar-refractivity contribution in [2.75, 3.05) is 13.1 Å². The molecule has 1 aromatic heterocycles. The minimum Gasteiger partial charge on any atom is -0.440 e. The Balaban J connectivity index is 1.47. The van der Waals surface area contributed by atoms with Crippen molar-refractivity contribution in [2.45, 2.75) is 32.6 Å². The quantitative estimate of drug-likeness (QED) is 0.630. The average Bonchev–Trinajstić information content (AvgIpc) is 3.04. The molecule has 0 bridgehead atoms. The van der Waals surface area contributed by atoms with Crippen LogP contribution in [0.15, 0.2) is 40.8 Å². The van der Waals surface area contributed by atoms with Crippen LogP contribution in [0.4, 0.5) is 0 Å². The Hall–Kier alpha value is -2.33. The number of carbonyl (C=O) groups excluding carboxylic acids is 1. The zero-order valence-electron chi connectivity index (χ0n) is 15.0. The molecule has 0 aliphatic carbocycles. The number of oxazole rings is 1. The van der Waals surface area contributed by atoms with Crippen molar-refractivity contribution in [1.29, 1.82) is 0 Å². The van der Waals surface area contributed by atoms with E-state index in [-0.39, 0.29) is 11.8 Å². The fourth-order valence-corrected chi connectivity index (χ4v) is 3.81. The van der Waals surface area contributed by atoms with E-state index in [1.165, 1.54) is 5.56 Å². The van der Waals surface area contributed by atoms with E-state index >= 15 is 0 Å². The molecule has 0 saturated carbocycles. The van der Waals surface area contributed by atoms with Gasteiger partial charge in [-0.3, -0.25) is 4.79 Å². The normalized spacial score (nSPS) is 15.6. The van der Waals surface area contributed by atoms with Crippen LogP contribution >= 0.6 is 11.6 Å². The zero-order valence-corrected chi connectivity index (χ0v) is 15.7. The Kier molecular flexibility index (Phi) is 4.45. The minimum absolute atomic E-state index is 0.116. The highest BCUT2D eigenvalue weighted by Crippen LogP contribution is 2.31. The number of nitrogens with zero attached hydrogens (tertiary/aromatic N) is 2. The number of amides is 1. The third-order valence-electron chi connectivity index (χ3n) is 5.11. The number of rotatable bonds is 2. The molecule has 26 heavy (non-hydrogen) atoms. The summed E-state index contributed by atoms with van der Waals surface area (Å²) in [5.74, 6) is 1.11. The van der Waals surface area contributed by atoms with Crippen LogP contribution in [0.5, 0.6) is 0 Å². The van der Waals surface area contributed by atoms with Crippen molar-refractivity contribution in [2.24, 2.45) is 0 Å². The molecule has 3 aromatic rings. The molecule has 0 radical (unpaired) electrons. The molecule has 1 fully saturated rings. The number of carbonyl (C=O) groups is 1. The van der Waals surface area contributed by atoms with Crippen LogP contribution in [-0.2, 0) is 0 Å². The van der Waals surface area contributed by atoms with E-state index in [9.17, 15) is 4.79 Å². The first-order chi connectivity index (χ1) is 12.5. The smallest absolute Gasteiger partial charge is 0.254 e. The monoisotopic (exact) mass is 368 g/mol. The molecule has 1 saturated heterocycles. The third kappa shape index (κ3) is 3.21. The first-order valence-corrected chi connectivity index (χ1v) is 9.31. The predicted octanol–water partition coefficient (Wildman–Crippen LogP) is 5.12. The summed E-state index contributed by atoms with van der Waals surface area (Å²) in [6.07, 6.45) is 1.72. The Morgan fingerprint density at radius 2 is 1.92 bits per heavy atom. The van der Waals surface area contributed by atoms with Gasteiger partial charge in [-0.25, -0.2) is 4.98 Å². The lowest BCUT2D eigenvalue weighted by molar-refractivity contribution is 0.0706. The van der Waals surface area contributed by atoms with E-state index in [0.29, 0.717) is 5.02 Å². The van der Waals surface area contributed by atoms with Crippen LogP contribution < -0.4 is 0 Å². The molecule has 134 valence electrons. The van der Waals surface area contributed by atoms with Crippen molar-refractivity contribution in [3.05, 3.63) is 64.0 Å². The second-order valence-corrected chi connectivity index (χ2v) is 7.49. The number of aromatic nitrogens is 1. The molecule has 2 aromatic carbocycles. The summed E-state index contributed by atoms with van der Waals surface area (Å²) in [4.78, 5) is 19.4. The lowest BCUT2D eigenvalue weighted by Gasteiger charge is -2.31. The fourth-order valence-electron chi connectivity index (χ4n) is 3.65. The largest absolute Gasteiger partial charge is 0.440 e. The molecule has 1 aliphatic rings. The number of fused-ring (bicyclic) bond motifs is 1. The van der Waals surface area contributed by atoms with E-state index in [2.05, 4.69) is 11.1 Å². The van der Waals surface area contributed by atoms with Crippen molar-refractivity contribution in [3.8, 4) is 0 Å². The van der Waals surface area contributed by atoms with E-state index in [1.54, 1.807) is 0 Å². The van der Waals surface area contributed by atoms with Crippen molar-refractivity contribution >= 4 is 28.6 Å². The number of hydrogen-bond acceptors (Lipinski definition) is 3. The van der Waals surface area contributed by atoms with E-state index in [0.717, 1.165) is 54.0 Å². The van der Waals surface area contributed by atoms with Gasteiger partial charge < -0.3 is 9.32 Å². The second kappa shape index (κ2) is 6.76. The molecular weight excluding hydrogens is 348 g/mol. The standard InChI is InChI=1S/C21H21ClN2O2/c1-13-3-5-17(14(2)11-13)21(25)24-9-7-15(8-10-24)20-23-18-12-16(22)4-6-19(18)26-20/h3-6,11-12,15H,7-10H2,1-2H3. The lowest BCUT2D eigenvalue weighted by Crippen LogP contribution is -2.38. The van der Waals surface area contributed by atoms with Gasteiger partial charge in [-0.1, -0.05) is 29.3 Å². The van der Waals surface area contributed by atoms with Crippen molar-refractivity contribution in [3.63, 3.8) is 0 Å². The molecule has 1 amide bonds. The summed E-state index contributed by atoms with van der Waals surface area (Å²) in [6, 6.07) is 11.5. The molecule has 4 nitrogen and oxygen atoms in total. The van der Waals surface area contributed by atoms with Crippen LogP contribution in [0.3, 0.4) is 0 Å². The Morgan fingerprint density at radius 3 is 2.65 bits per heavy atom. The molecule has 0 spiro atoms. The summed E-state index contributed by atoms with van der Waals surface area (Å²) in [5.41, 5.74) is 4.56. The first kappa shape index (κ1) is 17.1. The molecule has 0 unspecified atom stereocenters. The Morgan fingerprint density at radius 1 is 1.15 bits per heavy atom. The van der Waals surface area contributed by atoms with Gasteiger partial charge in [-0.2, -0.15) is 0 Å². The summed E-state index contributed by atoms with van der Waals surface area (Å²) < 4.78 is 5.90. The van der Waals surface area contributed by atoms with Gasteiger partial charge in [0, 0.05) is 29.6 Å². The number of hydrogen-bond donors (Lipinski definition) is 0. The molecule has 1 aliphatic heterocycles. The van der Waals surface area contributed by atoms with Crippen LogP contribution in [0.25, 0.3) is 11.1 Å². The van der Waals surface area contributed by atoms with Crippen LogP contribution in [0.1, 0.15) is 46.1 Å². The van der Waals surface area contributed by atoms with Crippen LogP contribution in [0, 0.1) is 13.8 Å². The number of aryl methyl sites for hydroxylation is 2. The number of likely N-dealkylation sites (tertiary alicyclic amines) is 1. The van der Waals surface area contributed by atoms with E-state index < -0.39 is 0 Å². The van der Waals surface area contributed by atoms with Gasteiger partial charge in [0.15, 0.2) is 11.5 Å². The highest BCUT2D eigenvalue weighted by Gasteiger charge is 2.28. The lowest BCUT2D eigenvalue weighted by atomic mass is 9.95. The maximum Gasteiger partial charge on any atom is 0.254 e. The average molecular weight is 369 g/mol. The SMILES string of the molecule is Cc1ccc(C(=O)N2CCC(c3nc4cc(Cl)ccc4o3)CC2)c(C)c1. The van der Waals surface area contributed by atoms with E-state index in [1.807, 2.05) is 49.1 Å².